The number of hydrogen-bond acceptors (Lipinski definition) is 4. The van der Waals surface area contributed by atoms with E-state index in [2.05, 4.69) is 22.1 Å². The molecule has 0 radical (unpaired) electrons. The lowest BCUT2D eigenvalue weighted by atomic mass is 10.2. The molecular weight excluding hydrogens is 424 g/mol. The van der Waals surface area contributed by atoms with Crippen LogP contribution in [0.2, 0.25) is 0 Å². The number of hydrogen-bond donors (Lipinski definition) is 2. The quantitative estimate of drug-likeness (QED) is 0.318. The Morgan fingerprint density at radius 3 is 2.19 bits per heavy atom. The first-order valence-electron chi connectivity index (χ1n) is 9.71. The molecule has 0 atom stereocenters. The minimum absolute atomic E-state index is 0.180. The molecule has 2 N–H and O–H groups in total. The highest BCUT2D eigenvalue weighted by molar-refractivity contribution is 7.98. The normalized spacial score (nSPS) is 10.5. The maximum absolute atomic E-state index is 12.9. The van der Waals surface area contributed by atoms with Gasteiger partial charge in [-0.1, -0.05) is 42.5 Å². The van der Waals surface area contributed by atoms with Crippen LogP contribution in [0.3, 0.4) is 0 Å². The number of carbonyl (C=O) groups is 2. The zero-order valence-corrected chi connectivity index (χ0v) is 18.2. The summed E-state index contributed by atoms with van der Waals surface area (Å²) >= 11 is 3.35. The van der Waals surface area contributed by atoms with Crippen LogP contribution in [0.15, 0.2) is 101 Å². The van der Waals surface area contributed by atoms with Gasteiger partial charge in [0.1, 0.15) is 0 Å². The summed E-state index contributed by atoms with van der Waals surface area (Å²) in [7, 11) is 0. The van der Waals surface area contributed by atoms with Gasteiger partial charge in [0.15, 0.2) is 0 Å². The molecule has 4 rings (SSSR count). The Bertz CT molecular complexity index is 1180. The molecule has 0 unspecified atom stereocenters. The van der Waals surface area contributed by atoms with Crippen LogP contribution < -0.4 is 10.6 Å². The standard InChI is InChI=1S/C25H20N2O2S2/c28-24(18-8-2-1-3-9-18)26-19-10-6-11-20(16-19)27-25(29)22-13-4-5-14-23(22)31-17-21-12-7-15-30-21/h1-16H,17H2,(H,26,28)(H,27,29). The second-order valence-corrected chi connectivity index (χ2v) is 8.77. The Morgan fingerprint density at radius 1 is 0.742 bits per heavy atom. The van der Waals surface area contributed by atoms with Crippen molar-refractivity contribution in [3.63, 3.8) is 0 Å². The third kappa shape index (κ3) is 5.63. The number of anilines is 2. The minimum Gasteiger partial charge on any atom is -0.322 e. The molecule has 0 aliphatic rings. The fourth-order valence-corrected chi connectivity index (χ4v) is 4.81. The molecule has 6 heteroatoms. The number of rotatable bonds is 7. The number of nitrogens with one attached hydrogen (secondary N) is 2. The highest BCUT2D eigenvalue weighted by Crippen LogP contribution is 2.28. The van der Waals surface area contributed by atoms with E-state index in [1.165, 1.54) is 4.88 Å². The largest absolute Gasteiger partial charge is 0.322 e. The topological polar surface area (TPSA) is 58.2 Å². The third-order valence-electron chi connectivity index (χ3n) is 4.50. The van der Waals surface area contributed by atoms with Gasteiger partial charge < -0.3 is 10.6 Å². The molecule has 4 nitrogen and oxygen atoms in total. The summed E-state index contributed by atoms with van der Waals surface area (Å²) < 4.78 is 0. The predicted octanol–water partition coefficient (Wildman–Crippen LogP) is 6.55. The summed E-state index contributed by atoms with van der Waals surface area (Å²) in [4.78, 5) is 27.5. The smallest absolute Gasteiger partial charge is 0.256 e. The average Bonchev–Trinajstić information content (AvgIpc) is 3.32. The summed E-state index contributed by atoms with van der Waals surface area (Å²) in [5, 5.41) is 7.86. The van der Waals surface area contributed by atoms with E-state index in [0.717, 1.165) is 10.6 Å². The van der Waals surface area contributed by atoms with Crippen molar-refractivity contribution in [2.75, 3.05) is 10.6 Å². The van der Waals surface area contributed by atoms with Crippen molar-refractivity contribution in [2.24, 2.45) is 0 Å². The van der Waals surface area contributed by atoms with Gasteiger partial charge in [-0.3, -0.25) is 9.59 Å². The molecule has 0 aliphatic carbocycles. The van der Waals surface area contributed by atoms with Gasteiger partial charge in [0.05, 0.1) is 5.56 Å². The van der Waals surface area contributed by atoms with Crippen LogP contribution in [0.5, 0.6) is 0 Å². The molecule has 0 aliphatic heterocycles. The molecule has 1 aromatic heterocycles. The average molecular weight is 445 g/mol. The van der Waals surface area contributed by atoms with Crippen LogP contribution in [0.4, 0.5) is 11.4 Å². The lowest BCUT2D eigenvalue weighted by molar-refractivity contribution is 0.101. The number of amides is 2. The summed E-state index contributed by atoms with van der Waals surface area (Å²) in [5.41, 5.74) is 2.44. The van der Waals surface area contributed by atoms with Crippen molar-refractivity contribution in [1.29, 1.82) is 0 Å². The van der Waals surface area contributed by atoms with Crippen LogP contribution in [0.1, 0.15) is 25.6 Å². The molecule has 0 saturated heterocycles. The Labute approximate surface area is 189 Å². The van der Waals surface area contributed by atoms with E-state index in [9.17, 15) is 9.59 Å². The van der Waals surface area contributed by atoms with Gasteiger partial charge in [0.25, 0.3) is 11.8 Å². The molecule has 1 heterocycles. The van der Waals surface area contributed by atoms with E-state index < -0.39 is 0 Å². The van der Waals surface area contributed by atoms with Gasteiger partial charge in [-0.15, -0.1) is 23.1 Å². The first kappa shape index (κ1) is 20.9. The van der Waals surface area contributed by atoms with E-state index in [0.29, 0.717) is 22.5 Å². The fourth-order valence-electron chi connectivity index (χ4n) is 2.99. The zero-order valence-electron chi connectivity index (χ0n) is 16.6. The summed E-state index contributed by atoms with van der Waals surface area (Å²) in [5.74, 6) is 0.448. The van der Waals surface area contributed by atoms with E-state index in [1.807, 2.05) is 48.5 Å². The molecule has 0 bridgehead atoms. The third-order valence-corrected chi connectivity index (χ3v) is 6.68. The van der Waals surface area contributed by atoms with Crippen molar-refractivity contribution in [2.45, 2.75) is 10.6 Å². The van der Waals surface area contributed by atoms with Crippen molar-refractivity contribution < 1.29 is 9.59 Å². The lowest BCUT2D eigenvalue weighted by Gasteiger charge is -2.11. The summed E-state index contributed by atoms with van der Waals surface area (Å²) in [6, 6.07) is 27.9. The van der Waals surface area contributed by atoms with Crippen LogP contribution in [0.25, 0.3) is 0 Å². The molecule has 3 aromatic carbocycles. The van der Waals surface area contributed by atoms with Crippen molar-refractivity contribution in [1.82, 2.24) is 0 Å². The van der Waals surface area contributed by atoms with Crippen LogP contribution in [0, 0.1) is 0 Å². The first-order valence-corrected chi connectivity index (χ1v) is 11.6. The molecule has 0 spiro atoms. The SMILES string of the molecule is O=C(Nc1cccc(NC(=O)c2ccccc2SCc2cccs2)c1)c1ccccc1. The lowest BCUT2D eigenvalue weighted by Crippen LogP contribution is -2.14. The van der Waals surface area contributed by atoms with E-state index in [1.54, 1.807) is 59.5 Å². The van der Waals surface area contributed by atoms with Gasteiger partial charge in [0.2, 0.25) is 0 Å². The predicted molar refractivity (Wildman–Crippen MR) is 129 cm³/mol. The van der Waals surface area contributed by atoms with Gasteiger partial charge in [-0.25, -0.2) is 0 Å². The minimum atomic E-state index is -0.195. The van der Waals surface area contributed by atoms with E-state index >= 15 is 0 Å². The Hall–Kier alpha value is -3.35. The summed E-state index contributed by atoms with van der Waals surface area (Å²) in [6.07, 6.45) is 0. The van der Waals surface area contributed by atoms with Gasteiger partial charge in [-0.05, 0) is 53.9 Å². The second kappa shape index (κ2) is 10.1. The molecule has 0 fully saturated rings. The maximum Gasteiger partial charge on any atom is 0.256 e. The zero-order chi connectivity index (χ0) is 21.5. The Morgan fingerprint density at radius 2 is 1.45 bits per heavy atom. The first-order chi connectivity index (χ1) is 15.2. The van der Waals surface area contributed by atoms with Crippen LogP contribution in [-0.4, -0.2) is 11.8 Å². The number of thiophene rings is 1. The molecule has 4 aromatic rings. The Kier molecular flexibility index (Phi) is 6.82. The van der Waals surface area contributed by atoms with Gasteiger partial charge in [0, 0.05) is 32.5 Å². The van der Waals surface area contributed by atoms with Crippen LogP contribution >= 0.6 is 23.1 Å². The van der Waals surface area contributed by atoms with Crippen LogP contribution in [-0.2, 0) is 5.75 Å². The van der Waals surface area contributed by atoms with Crippen molar-refractivity contribution in [3.05, 3.63) is 112 Å². The highest BCUT2D eigenvalue weighted by atomic mass is 32.2. The molecular formula is C25H20N2O2S2. The van der Waals surface area contributed by atoms with Gasteiger partial charge in [-0.2, -0.15) is 0 Å². The summed E-state index contributed by atoms with van der Waals surface area (Å²) in [6.45, 7) is 0. The highest BCUT2D eigenvalue weighted by Gasteiger charge is 2.13. The van der Waals surface area contributed by atoms with Crippen molar-refractivity contribution in [3.8, 4) is 0 Å². The van der Waals surface area contributed by atoms with Gasteiger partial charge >= 0.3 is 0 Å². The number of benzene rings is 3. The van der Waals surface area contributed by atoms with E-state index in [-0.39, 0.29) is 11.8 Å². The van der Waals surface area contributed by atoms with E-state index in [4.69, 9.17) is 0 Å². The fraction of sp³-hybridized carbons (Fsp3) is 0.0400. The Balaban J connectivity index is 1.44. The molecule has 0 saturated carbocycles. The second-order valence-electron chi connectivity index (χ2n) is 6.72. The number of thioether (sulfide) groups is 1. The monoisotopic (exact) mass is 444 g/mol. The van der Waals surface area contributed by atoms with Crippen molar-refractivity contribution >= 4 is 46.3 Å². The molecule has 2 amide bonds. The maximum atomic E-state index is 12.9. The molecule has 154 valence electrons. The molecule has 31 heavy (non-hydrogen) atoms. The number of carbonyl (C=O) groups excluding carboxylic acids is 2.